The Hall–Kier alpha value is -4.88. The molecule has 1 heterocycles. The molecular weight excluding hydrogens is 458 g/mol. The monoisotopic (exact) mass is 485 g/mol. The summed E-state index contributed by atoms with van der Waals surface area (Å²) in [7, 11) is 0. The first-order valence-corrected chi connectivity index (χ1v) is 13.1. The molecule has 0 bridgehead atoms. The normalized spacial score (nSPS) is 11.3. The van der Waals surface area contributed by atoms with E-state index in [-0.39, 0.29) is 0 Å². The Morgan fingerprint density at radius 2 is 0.974 bits per heavy atom. The summed E-state index contributed by atoms with van der Waals surface area (Å²) < 4.78 is 2.40. The number of aryl methyl sites for hydroxylation is 1. The van der Waals surface area contributed by atoms with Crippen molar-refractivity contribution in [2.24, 2.45) is 0 Å². The molecule has 0 aliphatic carbocycles. The van der Waals surface area contributed by atoms with Crippen LogP contribution >= 0.6 is 0 Å². The number of hydrogen-bond acceptors (Lipinski definition) is 0. The van der Waals surface area contributed by atoms with Crippen LogP contribution in [0.15, 0.2) is 146 Å². The highest BCUT2D eigenvalue weighted by atomic mass is 15.0. The average Bonchev–Trinajstić information content (AvgIpc) is 3.31. The number of fused-ring (bicyclic) bond motifs is 3. The van der Waals surface area contributed by atoms with Crippen LogP contribution in [-0.4, -0.2) is 4.57 Å². The van der Waals surface area contributed by atoms with Crippen molar-refractivity contribution in [1.29, 1.82) is 0 Å². The first-order valence-electron chi connectivity index (χ1n) is 13.1. The second kappa shape index (κ2) is 9.21. The van der Waals surface area contributed by atoms with Crippen molar-refractivity contribution in [1.82, 2.24) is 4.57 Å². The van der Waals surface area contributed by atoms with Gasteiger partial charge in [0.1, 0.15) is 0 Å². The van der Waals surface area contributed by atoms with Crippen molar-refractivity contribution in [3.8, 4) is 39.1 Å². The van der Waals surface area contributed by atoms with Crippen LogP contribution in [-0.2, 0) is 0 Å². The second-order valence-corrected chi connectivity index (χ2v) is 9.91. The minimum absolute atomic E-state index is 1.17. The van der Waals surface area contributed by atoms with E-state index in [1.54, 1.807) is 0 Å². The summed E-state index contributed by atoms with van der Waals surface area (Å²) in [5.41, 5.74) is 12.3. The molecule has 0 N–H and O–H groups in total. The highest BCUT2D eigenvalue weighted by molar-refractivity contribution is 6.10. The second-order valence-electron chi connectivity index (χ2n) is 9.91. The Morgan fingerprint density at radius 1 is 0.395 bits per heavy atom. The van der Waals surface area contributed by atoms with Gasteiger partial charge in [0.2, 0.25) is 0 Å². The molecule has 0 saturated heterocycles. The molecule has 0 atom stereocenters. The molecule has 180 valence electrons. The minimum Gasteiger partial charge on any atom is -0.309 e. The maximum atomic E-state index is 2.40. The van der Waals surface area contributed by atoms with Crippen LogP contribution in [0.25, 0.3) is 60.9 Å². The maximum Gasteiger partial charge on any atom is 0.0547 e. The molecule has 1 aromatic heterocycles. The summed E-state index contributed by atoms with van der Waals surface area (Å²) >= 11 is 0. The summed E-state index contributed by atoms with van der Waals surface area (Å²) in [6, 6.07) is 52.6. The number of aromatic nitrogens is 1. The maximum absolute atomic E-state index is 2.40. The first-order chi connectivity index (χ1) is 18.8. The molecule has 1 heteroatoms. The molecule has 0 unspecified atom stereocenters. The van der Waals surface area contributed by atoms with Crippen LogP contribution in [0.1, 0.15) is 5.56 Å². The molecule has 0 radical (unpaired) electrons. The van der Waals surface area contributed by atoms with Crippen molar-refractivity contribution < 1.29 is 0 Å². The Kier molecular flexibility index (Phi) is 5.41. The van der Waals surface area contributed by atoms with Gasteiger partial charge < -0.3 is 4.57 Å². The number of benzene rings is 6. The summed E-state index contributed by atoms with van der Waals surface area (Å²) in [4.78, 5) is 0. The fourth-order valence-electron chi connectivity index (χ4n) is 5.65. The zero-order chi connectivity index (χ0) is 25.5. The highest BCUT2D eigenvalue weighted by Gasteiger charge is 2.14. The van der Waals surface area contributed by atoms with Crippen molar-refractivity contribution in [2.75, 3.05) is 0 Å². The van der Waals surface area contributed by atoms with E-state index < -0.39 is 0 Å². The van der Waals surface area contributed by atoms with Crippen molar-refractivity contribution >= 4 is 21.8 Å². The summed E-state index contributed by atoms with van der Waals surface area (Å²) in [5, 5.41) is 2.55. The first kappa shape index (κ1) is 22.3. The van der Waals surface area contributed by atoms with Gasteiger partial charge in [0, 0.05) is 16.5 Å². The Labute approximate surface area is 223 Å². The molecule has 0 amide bonds. The van der Waals surface area contributed by atoms with E-state index >= 15 is 0 Å². The van der Waals surface area contributed by atoms with Gasteiger partial charge in [-0.3, -0.25) is 0 Å². The summed E-state index contributed by atoms with van der Waals surface area (Å²) in [6.07, 6.45) is 0. The number of hydrogen-bond donors (Lipinski definition) is 0. The molecule has 0 spiro atoms. The zero-order valence-corrected chi connectivity index (χ0v) is 21.3. The predicted octanol–water partition coefficient (Wildman–Crippen LogP) is 10.1. The third-order valence-corrected chi connectivity index (χ3v) is 7.47. The molecule has 7 rings (SSSR count). The average molecular weight is 486 g/mol. The van der Waals surface area contributed by atoms with Crippen LogP contribution in [0.4, 0.5) is 0 Å². The summed E-state index contributed by atoms with van der Waals surface area (Å²) in [5.74, 6) is 0. The topological polar surface area (TPSA) is 4.93 Å². The molecule has 7 aromatic rings. The third-order valence-electron chi connectivity index (χ3n) is 7.47. The highest BCUT2D eigenvalue weighted by Crippen LogP contribution is 2.36. The van der Waals surface area contributed by atoms with Crippen LogP contribution in [0.5, 0.6) is 0 Å². The van der Waals surface area contributed by atoms with Gasteiger partial charge in [-0.1, -0.05) is 127 Å². The Morgan fingerprint density at radius 3 is 1.74 bits per heavy atom. The van der Waals surface area contributed by atoms with Gasteiger partial charge in [-0.2, -0.15) is 0 Å². The van der Waals surface area contributed by atoms with E-state index in [2.05, 4.69) is 157 Å². The van der Waals surface area contributed by atoms with Crippen molar-refractivity contribution in [3.05, 3.63) is 151 Å². The van der Waals surface area contributed by atoms with E-state index in [1.165, 1.54) is 66.4 Å². The Bertz CT molecular complexity index is 1910. The van der Waals surface area contributed by atoms with Gasteiger partial charge in [0.05, 0.1) is 11.0 Å². The van der Waals surface area contributed by atoms with Crippen LogP contribution in [0, 0.1) is 6.92 Å². The van der Waals surface area contributed by atoms with Gasteiger partial charge in [0.15, 0.2) is 0 Å². The predicted molar refractivity (Wildman–Crippen MR) is 162 cm³/mol. The zero-order valence-electron chi connectivity index (χ0n) is 21.3. The van der Waals surface area contributed by atoms with E-state index in [0.717, 1.165) is 0 Å². The smallest absolute Gasteiger partial charge is 0.0547 e. The van der Waals surface area contributed by atoms with Gasteiger partial charge in [0.25, 0.3) is 0 Å². The van der Waals surface area contributed by atoms with Crippen molar-refractivity contribution in [2.45, 2.75) is 6.92 Å². The van der Waals surface area contributed by atoms with E-state index in [9.17, 15) is 0 Å². The molecular formula is C37H27N. The fraction of sp³-hybridized carbons (Fsp3) is 0.0270. The van der Waals surface area contributed by atoms with E-state index in [1.807, 2.05) is 0 Å². The summed E-state index contributed by atoms with van der Waals surface area (Å²) in [6.45, 7) is 2.15. The molecule has 6 aromatic carbocycles. The molecule has 38 heavy (non-hydrogen) atoms. The van der Waals surface area contributed by atoms with E-state index in [4.69, 9.17) is 0 Å². The van der Waals surface area contributed by atoms with Crippen LogP contribution < -0.4 is 0 Å². The van der Waals surface area contributed by atoms with Gasteiger partial charge >= 0.3 is 0 Å². The lowest BCUT2D eigenvalue weighted by Gasteiger charge is -2.13. The number of rotatable bonds is 4. The molecule has 1 nitrogen and oxygen atoms in total. The molecule has 0 fully saturated rings. The van der Waals surface area contributed by atoms with Crippen LogP contribution in [0.3, 0.4) is 0 Å². The standard InChI is InChI=1S/C37H27N/c1-26-10-9-13-29(24-26)30-20-23-35-34-16-7-8-17-36(34)38(37(35)25-30)31-21-18-28(19-22-31)33-15-6-5-14-32(33)27-11-3-2-4-12-27/h2-25H,1H3. The van der Waals surface area contributed by atoms with Gasteiger partial charge in [-0.15, -0.1) is 0 Å². The van der Waals surface area contributed by atoms with Crippen molar-refractivity contribution in [3.63, 3.8) is 0 Å². The molecule has 0 aliphatic heterocycles. The number of para-hydroxylation sites is 1. The van der Waals surface area contributed by atoms with Gasteiger partial charge in [-0.25, -0.2) is 0 Å². The fourth-order valence-corrected chi connectivity index (χ4v) is 5.65. The lowest BCUT2D eigenvalue weighted by atomic mass is 9.94. The quantitative estimate of drug-likeness (QED) is 0.234. The lowest BCUT2D eigenvalue weighted by molar-refractivity contribution is 1.18. The number of nitrogens with zero attached hydrogens (tertiary/aromatic N) is 1. The van der Waals surface area contributed by atoms with Crippen LogP contribution in [0.2, 0.25) is 0 Å². The SMILES string of the molecule is Cc1cccc(-c2ccc3c4ccccc4n(-c4ccc(-c5ccccc5-c5ccccc5)cc4)c3c2)c1. The minimum atomic E-state index is 1.17. The third kappa shape index (κ3) is 3.81. The Balaban J connectivity index is 1.38. The molecule has 0 saturated carbocycles. The molecule has 0 aliphatic rings. The van der Waals surface area contributed by atoms with E-state index in [0.29, 0.717) is 0 Å². The van der Waals surface area contributed by atoms with Gasteiger partial charge in [-0.05, 0) is 64.6 Å². The lowest BCUT2D eigenvalue weighted by Crippen LogP contribution is -1.94. The largest absolute Gasteiger partial charge is 0.309 e.